The average Bonchev–Trinajstić information content (AvgIpc) is 3.49. The molecule has 5 nitrogen and oxygen atoms in total. The summed E-state index contributed by atoms with van der Waals surface area (Å²) in [7, 11) is 5.59. The molecule has 5 fully saturated rings. The van der Waals surface area contributed by atoms with E-state index in [0.29, 0.717) is 30.1 Å². The number of aliphatic hydroxyl groups is 2. The smallest absolute Gasteiger partial charge is 0.141 e. The highest BCUT2D eigenvalue weighted by atomic mass is 33.1. The van der Waals surface area contributed by atoms with Gasteiger partial charge in [0.05, 0.1) is 24.2 Å². The number of anilines is 1. The van der Waals surface area contributed by atoms with Crippen molar-refractivity contribution in [2.24, 2.45) is 51.8 Å². The Kier molecular flexibility index (Phi) is 6.22. The summed E-state index contributed by atoms with van der Waals surface area (Å²) in [6, 6.07) is 8.91. The molecule has 3 N–H and O–H groups in total. The van der Waals surface area contributed by atoms with E-state index in [4.69, 9.17) is 4.74 Å². The number of fused-ring (bicyclic) bond motifs is 6. The second-order valence-electron chi connectivity index (χ2n) is 14.9. The van der Waals surface area contributed by atoms with Gasteiger partial charge < -0.3 is 20.3 Å². The van der Waals surface area contributed by atoms with E-state index in [1.54, 1.807) is 7.11 Å². The molecule has 0 radical (unpaired) electrons. The molecule has 1 aromatic rings. The molecule has 7 bridgehead atoms. The van der Waals surface area contributed by atoms with Crippen molar-refractivity contribution in [3.05, 3.63) is 42.0 Å². The highest BCUT2D eigenvalue weighted by Gasteiger charge is 2.90. The fourth-order valence-electron chi connectivity index (χ4n) is 12.7. The van der Waals surface area contributed by atoms with Crippen molar-refractivity contribution in [3.63, 3.8) is 0 Å². The molecule has 1 aliphatic heterocycles. The van der Waals surface area contributed by atoms with Crippen LogP contribution in [-0.2, 0) is 16.0 Å². The topological polar surface area (TPSA) is 78.8 Å². The third-order valence-corrected chi connectivity index (χ3v) is 16.6. The van der Waals surface area contributed by atoms with Gasteiger partial charge in [0.2, 0.25) is 0 Å². The summed E-state index contributed by atoms with van der Waals surface area (Å²) >= 11 is 0. The minimum atomic E-state index is -1.05. The third-order valence-electron chi connectivity index (χ3n) is 14.0. The summed E-state index contributed by atoms with van der Waals surface area (Å²) in [6.07, 6.45) is 11.2. The van der Waals surface area contributed by atoms with Crippen LogP contribution in [0.15, 0.2) is 36.4 Å². The number of ketones is 1. The maximum absolute atomic E-state index is 13.7. The van der Waals surface area contributed by atoms with Gasteiger partial charge in [-0.1, -0.05) is 52.8 Å². The Hall–Kier alpha value is -0.990. The molecule has 0 saturated heterocycles. The van der Waals surface area contributed by atoms with Gasteiger partial charge in [-0.05, 0) is 104 Å². The lowest BCUT2D eigenvalue weighted by molar-refractivity contribution is -0.231. The van der Waals surface area contributed by atoms with Gasteiger partial charge in [0.1, 0.15) is 11.4 Å². The molecule has 1 unspecified atom stereocenters. The Bertz CT molecular complexity index is 1290. The number of hydrogen-bond acceptors (Lipinski definition) is 7. The normalized spacial score (nSPS) is 52.0. The van der Waals surface area contributed by atoms with Crippen molar-refractivity contribution in [2.45, 2.75) is 82.6 Å². The van der Waals surface area contributed by atoms with Gasteiger partial charge in [-0.3, -0.25) is 4.79 Å². The van der Waals surface area contributed by atoms with Gasteiger partial charge in [-0.25, -0.2) is 0 Å². The highest BCUT2D eigenvalue weighted by molar-refractivity contribution is 8.76. The number of ether oxygens (including phenoxy) is 1. The Balaban J connectivity index is 1.24. The zero-order chi connectivity index (χ0) is 28.4. The summed E-state index contributed by atoms with van der Waals surface area (Å²) in [5.74, 6) is 4.23. The first kappa shape index (κ1) is 27.6. The molecule has 6 aliphatic carbocycles. The Morgan fingerprint density at radius 1 is 1.20 bits per heavy atom. The monoisotopic (exact) mass is 595 g/mol. The minimum Gasteiger partial charge on any atom is -0.391 e. The fraction of sp³-hybridized carbons (Fsp3) is 0.735. The van der Waals surface area contributed by atoms with E-state index >= 15 is 0 Å². The van der Waals surface area contributed by atoms with E-state index in [0.717, 1.165) is 36.5 Å². The van der Waals surface area contributed by atoms with Crippen LogP contribution in [0.3, 0.4) is 0 Å². The molecule has 5 saturated carbocycles. The lowest BCUT2D eigenvalue weighted by Crippen LogP contribution is -2.65. The van der Waals surface area contributed by atoms with Gasteiger partial charge in [-0.2, -0.15) is 0 Å². The van der Waals surface area contributed by atoms with Crippen molar-refractivity contribution in [1.29, 1.82) is 0 Å². The van der Waals surface area contributed by atoms with Gasteiger partial charge in [0, 0.05) is 36.1 Å². The molecular formula is C34H45NO4S2. The summed E-state index contributed by atoms with van der Waals surface area (Å²) in [5.41, 5.74) is 1.14. The predicted molar refractivity (Wildman–Crippen MR) is 166 cm³/mol. The van der Waals surface area contributed by atoms with Crippen molar-refractivity contribution < 1.29 is 19.7 Å². The van der Waals surface area contributed by atoms with E-state index < -0.39 is 11.7 Å². The molecular weight excluding hydrogens is 551 g/mol. The first-order valence-corrected chi connectivity index (χ1v) is 18.4. The standard InChI is InChI=1S/C34H45NO4S2/c1-19(36)27-18-41-40-17-21-16-32-11-9-22-14-26-30-28(37)15-29(39-3)34(30,38)33(22,31(26,32)2)10-5-8-25(32)24(21)13-20-6-4-7-23(12-20)35-27/h4-8,12,19,21-22,24-27,29-30,35-36,38H,9-11,13-18H2,1-3H3/t19-,21-,22-,24+,25?,26-,27-,29-,30+,31+,32-,33-,34+/m0/s1. The van der Waals surface area contributed by atoms with Crippen molar-refractivity contribution in [2.75, 3.05) is 23.9 Å². The van der Waals surface area contributed by atoms with Gasteiger partial charge in [-0.15, -0.1) is 0 Å². The van der Waals surface area contributed by atoms with Crippen molar-refractivity contribution >= 4 is 33.1 Å². The van der Waals surface area contributed by atoms with Crippen LogP contribution in [0.4, 0.5) is 5.69 Å². The van der Waals surface area contributed by atoms with Crippen LogP contribution in [0.2, 0.25) is 0 Å². The highest BCUT2D eigenvalue weighted by Crippen LogP contribution is 2.89. The molecule has 13 atom stereocenters. The van der Waals surface area contributed by atoms with Crippen LogP contribution in [0, 0.1) is 51.8 Å². The molecule has 8 rings (SSSR count). The number of nitrogens with one attached hydrogen (secondary N) is 1. The Labute approximate surface area is 252 Å². The summed E-state index contributed by atoms with van der Waals surface area (Å²) in [5, 5.41) is 27.0. The number of rotatable bonds is 2. The predicted octanol–water partition coefficient (Wildman–Crippen LogP) is 5.76. The maximum Gasteiger partial charge on any atom is 0.141 e. The van der Waals surface area contributed by atoms with E-state index in [-0.39, 0.29) is 46.0 Å². The number of methoxy groups -OCH3 is 1. The molecule has 7 aliphatic rings. The first-order chi connectivity index (χ1) is 19.7. The largest absolute Gasteiger partial charge is 0.391 e. The molecule has 1 aromatic carbocycles. The number of benzene rings is 1. The van der Waals surface area contributed by atoms with Crippen LogP contribution in [0.5, 0.6) is 0 Å². The Morgan fingerprint density at radius 2 is 2.02 bits per heavy atom. The number of carbonyl (C=O) groups is 1. The van der Waals surface area contributed by atoms with E-state index in [9.17, 15) is 15.0 Å². The quantitative estimate of drug-likeness (QED) is 0.297. The van der Waals surface area contributed by atoms with Crippen molar-refractivity contribution in [1.82, 2.24) is 0 Å². The van der Waals surface area contributed by atoms with Crippen molar-refractivity contribution in [3.8, 4) is 0 Å². The number of aliphatic hydroxyl groups excluding tert-OH is 1. The molecule has 1 heterocycles. The molecule has 41 heavy (non-hydrogen) atoms. The van der Waals surface area contributed by atoms with Crippen LogP contribution in [0.25, 0.3) is 0 Å². The number of hydrogen-bond donors (Lipinski definition) is 3. The second kappa shape index (κ2) is 9.26. The fourth-order valence-corrected chi connectivity index (χ4v) is 15.5. The van der Waals surface area contributed by atoms with E-state index in [1.165, 1.54) is 24.8 Å². The summed E-state index contributed by atoms with van der Waals surface area (Å²) < 4.78 is 6.00. The molecule has 0 amide bonds. The lowest BCUT2D eigenvalue weighted by atomic mass is 9.41. The van der Waals surface area contributed by atoms with E-state index in [2.05, 4.69) is 48.7 Å². The van der Waals surface area contributed by atoms with Gasteiger partial charge >= 0.3 is 0 Å². The third kappa shape index (κ3) is 3.21. The lowest BCUT2D eigenvalue weighted by Gasteiger charge is -2.63. The van der Waals surface area contributed by atoms with Gasteiger partial charge in [0.25, 0.3) is 0 Å². The zero-order valence-corrected chi connectivity index (χ0v) is 26.2. The maximum atomic E-state index is 13.7. The van der Waals surface area contributed by atoms with Crippen LogP contribution < -0.4 is 5.32 Å². The molecule has 222 valence electrons. The van der Waals surface area contributed by atoms with Gasteiger partial charge in [0.15, 0.2) is 0 Å². The average molecular weight is 596 g/mol. The number of allylic oxidation sites excluding steroid dienone is 2. The molecule has 1 spiro atoms. The summed E-state index contributed by atoms with van der Waals surface area (Å²) in [6.45, 7) is 4.43. The Morgan fingerprint density at radius 3 is 2.83 bits per heavy atom. The molecule has 7 heteroatoms. The van der Waals surface area contributed by atoms with Crippen LogP contribution >= 0.6 is 21.6 Å². The molecule has 0 aromatic heterocycles. The summed E-state index contributed by atoms with van der Waals surface area (Å²) in [4.78, 5) is 13.7. The zero-order valence-electron chi connectivity index (χ0n) is 24.6. The number of carbonyl (C=O) groups excluding carboxylic acids is 1. The first-order valence-electron chi connectivity index (χ1n) is 15.9. The SMILES string of the molecule is CO[C@H]1CC(=O)[C@H]2[C@@H]3C[C@@H]4CC[C@]56C[C@H]7CSSC[C@@H]([C@H](C)O)Nc8cccc(c8)C[C@H]7C5C=CC[C@@]4([C@@]12O)[C@]36C. The van der Waals surface area contributed by atoms with E-state index in [1.807, 2.05) is 28.5 Å². The minimum absolute atomic E-state index is 0.0174. The second-order valence-corrected chi connectivity index (χ2v) is 17.4. The number of Topliss-reactive ketones (excluding diaryl/α,β-unsaturated/α-hetero) is 1. The van der Waals surface area contributed by atoms with Crippen LogP contribution in [0.1, 0.15) is 57.9 Å². The van der Waals surface area contributed by atoms with Crippen LogP contribution in [-0.4, -0.2) is 58.5 Å².